The zero-order valence-electron chi connectivity index (χ0n) is 8.69. The van der Waals surface area contributed by atoms with Crippen molar-refractivity contribution >= 4 is 7.82 Å². The van der Waals surface area contributed by atoms with Gasteiger partial charge in [0.1, 0.15) is 0 Å². The molecule has 0 aromatic rings. The van der Waals surface area contributed by atoms with Gasteiger partial charge in [0.2, 0.25) is 0 Å². The summed E-state index contributed by atoms with van der Waals surface area (Å²) in [4.78, 5) is 15.2. The van der Waals surface area contributed by atoms with Gasteiger partial charge in [-0.25, -0.2) is 15.1 Å². The maximum Gasteiger partial charge on any atom is 0.485 e. The van der Waals surface area contributed by atoms with Gasteiger partial charge in [0.05, 0.1) is 39.6 Å². The Morgan fingerprint density at radius 1 is 0.938 bits per heavy atom. The van der Waals surface area contributed by atoms with E-state index in [0.717, 1.165) is 0 Å². The molecule has 0 bridgehead atoms. The van der Waals surface area contributed by atoms with E-state index in [1.54, 1.807) is 0 Å². The van der Waals surface area contributed by atoms with Gasteiger partial charge in [0.15, 0.2) is 0 Å². The maximum absolute atomic E-state index is 9.35. The minimum atomic E-state index is -4.37. The molecule has 100 valence electrons. The molecule has 0 saturated heterocycles. The fraction of sp³-hybridized carbons (Fsp3) is 1.00. The molecule has 0 saturated carbocycles. The highest BCUT2D eigenvalue weighted by Gasteiger charge is 2.08. The van der Waals surface area contributed by atoms with Crippen LogP contribution >= 0.6 is 7.82 Å². The molecule has 0 aliphatic heterocycles. The monoisotopic (exact) mass is 263 g/mol. The van der Waals surface area contributed by atoms with E-state index < -0.39 is 7.82 Å². The highest BCUT2D eigenvalue weighted by atomic mass is 31.2. The number of nitrogens with two attached hydrogens (primary N) is 1. The van der Waals surface area contributed by atoms with Gasteiger partial charge in [-0.1, -0.05) is 0 Å². The molecule has 0 amide bonds. The first-order chi connectivity index (χ1) is 7.47. The van der Waals surface area contributed by atoms with Crippen LogP contribution in [0.1, 0.15) is 0 Å². The molecule has 0 atom stereocenters. The number of aliphatic hydroxyl groups excluding tert-OH is 2. The van der Waals surface area contributed by atoms with E-state index in [-0.39, 0.29) is 13.2 Å². The molecule has 0 aliphatic carbocycles. The average Bonchev–Trinajstić information content (AvgIpc) is 2.23. The quantitative estimate of drug-likeness (QED) is 0.189. The van der Waals surface area contributed by atoms with Gasteiger partial charge >= 0.3 is 7.82 Å². The van der Waals surface area contributed by atoms with Crippen LogP contribution in [0.2, 0.25) is 0 Å². The second kappa shape index (κ2) is 13.0. The van der Waals surface area contributed by atoms with Crippen LogP contribution in [0, 0.1) is 0 Å². The number of ether oxygens (including phenoxy) is 2. The molecule has 0 fully saturated rings. The molecule has 16 heavy (non-hydrogen) atoms. The summed E-state index contributed by atoms with van der Waals surface area (Å²) in [6.45, 7) is 1.73. The second-order valence-electron chi connectivity index (χ2n) is 2.27. The Balaban J connectivity index is 0. The normalized spacial score (nSPS) is 10.8. The minimum absolute atomic E-state index is 0.0417. The van der Waals surface area contributed by atoms with Gasteiger partial charge in [-0.2, -0.15) is 0 Å². The molecule has 0 rings (SSSR count). The van der Waals surface area contributed by atoms with Crippen molar-refractivity contribution < 1.29 is 38.7 Å². The molecule has 6 N–H and O–H groups in total. The third-order valence-electron chi connectivity index (χ3n) is 0.981. The van der Waals surface area contributed by atoms with Crippen LogP contribution in [-0.4, -0.2) is 59.6 Å². The molecule has 0 aliphatic rings. The van der Waals surface area contributed by atoms with E-state index in [1.807, 2.05) is 0 Å². The molecule has 10 heteroatoms. The summed E-state index contributed by atoms with van der Waals surface area (Å²) in [5, 5.41) is 16.5. The zero-order valence-corrected chi connectivity index (χ0v) is 9.58. The summed E-state index contributed by atoms with van der Waals surface area (Å²) in [6.07, 6.45) is 0. The Morgan fingerprint density at radius 3 is 1.44 bits per heavy atom. The van der Waals surface area contributed by atoms with Gasteiger partial charge in [-0.05, 0) is 0 Å². The van der Waals surface area contributed by atoms with Crippen molar-refractivity contribution in [1.29, 1.82) is 0 Å². The molecule has 9 nitrogen and oxygen atoms in total. The minimum Gasteiger partial charge on any atom is -0.394 e. The first-order valence-electron chi connectivity index (χ1n) is 4.29. The second-order valence-corrected chi connectivity index (χ2v) is 3.46. The van der Waals surface area contributed by atoms with E-state index >= 15 is 0 Å². The number of hydrogen-bond donors (Lipinski definition) is 5. The van der Waals surface area contributed by atoms with Gasteiger partial charge in [-0.15, -0.1) is 0 Å². The van der Waals surface area contributed by atoms with Gasteiger partial charge in [0, 0.05) is 0 Å². The third-order valence-corrected chi connectivity index (χ3v) is 1.26. The Kier molecular flexibility index (Phi) is 14.8. The Bertz CT molecular complexity index is 166. The fourth-order valence-electron chi connectivity index (χ4n) is 0.451. The first kappa shape index (κ1) is 18.3. The number of rotatable bonds is 8. The van der Waals surface area contributed by atoms with Crippen LogP contribution in [0.5, 0.6) is 0 Å². The molecule has 0 spiro atoms. The average molecular weight is 263 g/mol. The molecule has 0 heterocycles. The Hall–Kier alpha value is -0.0900. The van der Waals surface area contributed by atoms with Crippen LogP contribution in [0.25, 0.3) is 0 Å². The van der Waals surface area contributed by atoms with Crippen molar-refractivity contribution in [3.8, 4) is 0 Å². The Morgan fingerprint density at radius 2 is 1.25 bits per heavy atom. The molecule has 0 unspecified atom stereocenters. The van der Waals surface area contributed by atoms with Crippen LogP contribution in [0.15, 0.2) is 0 Å². The van der Waals surface area contributed by atoms with Crippen molar-refractivity contribution in [3.63, 3.8) is 0 Å². The first-order valence-corrected chi connectivity index (χ1v) is 5.82. The molecule has 0 radical (unpaired) electrons. The Labute approximate surface area is 92.9 Å². The third kappa shape index (κ3) is 23.6. The SMILES string of the molecule is NOP(=O)(O)O.OCCOCCOCCO. The van der Waals surface area contributed by atoms with Crippen LogP contribution < -0.4 is 5.90 Å². The number of hydrogen-bond acceptors (Lipinski definition) is 7. The van der Waals surface area contributed by atoms with E-state index in [9.17, 15) is 4.57 Å². The predicted molar refractivity (Wildman–Crippen MR) is 53.1 cm³/mol. The fourth-order valence-corrected chi connectivity index (χ4v) is 0.451. The predicted octanol–water partition coefficient (Wildman–Crippen LogP) is -2.03. The summed E-state index contributed by atoms with van der Waals surface area (Å²) >= 11 is 0. The number of aliphatic hydroxyl groups is 2. The van der Waals surface area contributed by atoms with Gasteiger partial charge < -0.3 is 29.5 Å². The lowest BCUT2D eigenvalue weighted by Crippen LogP contribution is -2.09. The number of phosphoric acid groups is 1. The summed E-state index contributed by atoms with van der Waals surface area (Å²) in [7, 11) is -4.37. The highest BCUT2D eigenvalue weighted by Crippen LogP contribution is 2.32. The van der Waals surface area contributed by atoms with Gasteiger partial charge in [0.25, 0.3) is 0 Å². The van der Waals surface area contributed by atoms with E-state index in [4.69, 9.17) is 29.5 Å². The zero-order chi connectivity index (χ0) is 12.9. The van der Waals surface area contributed by atoms with Crippen molar-refractivity contribution in [3.05, 3.63) is 0 Å². The van der Waals surface area contributed by atoms with E-state index in [2.05, 4.69) is 10.5 Å². The van der Waals surface area contributed by atoms with Crippen molar-refractivity contribution in [2.75, 3.05) is 39.6 Å². The van der Waals surface area contributed by atoms with Crippen molar-refractivity contribution in [2.45, 2.75) is 0 Å². The standard InChI is InChI=1S/C6H14O4.H4NO4P/c7-1-3-9-5-6-10-4-2-8;1-5-6(2,3)4/h7-8H,1-6H2;1H2,(H2,2,3,4). The smallest absolute Gasteiger partial charge is 0.394 e. The largest absolute Gasteiger partial charge is 0.485 e. The lowest BCUT2D eigenvalue weighted by atomic mass is 10.7. The summed E-state index contributed by atoms with van der Waals surface area (Å²) < 4.78 is 22.2. The summed E-state index contributed by atoms with van der Waals surface area (Å²) in [6, 6.07) is 0. The molecular formula is C6H18NO8P. The van der Waals surface area contributed by atoms with E-state index in [0.29, 0.717) is 26.4 Å². The van der Waals surface area contributed by atoms with Crippen molar-refractivity contribution in [1.82, 2.24) is 0 Å². The highest BCUT2D eigenvalue weighted by molar-refractivity contribution is 7.46. The molecule has 0 aromatic heterocycles. The summed E-state index contributed by atoms with van der Waals surface area (Å²) in [5.41, 5.74) is 0. The topological polar surface area (TPSA) is 152 Å². The molecular weight excluding hydrogens is 245 g/mol. The van der Waals surface area contributed by atoms with Crippen LogP contribution in [-0.2, 0) is 18.7 Å². The lowest BCUT2D eigenvalue weighted by Gasteiger charge is -2.01. The van der Waals surface area contributed by atoms with Crippen LogP contribution in [0.3, 0.4) is 0 Å². The van der Waals surface area contributed by atoms with E-state index in [1.165, 1.54) is 0 Å². The molecule has 0 aromatic carbocycles. The van der Waals surface area contributed by atoms with Gasteiger partial charge in [-0.3, -0.25) is 0 Å². The summed E-state index contributed by atoms with van der Waals surface area (Å²) in [5.74, 6) is 4.04. The lowest BCUT2D eigenvalue weighted by molar-refractivity contribution is 0.0222. The van der Waals surface area contributed by atoms with Crippen molar-refractivity contribution in [2.24, 2.45) is 5.90 Å². The maximum atomic E-state index is 9.35. The van der Waals surface area contributed by atoms with Crippen LogP contribution in [0.4, 0.5) is 0 Å².